The Morgan fingerprint density at radius 1 is 1.29 bits per heavy atom. The average molecular weight is 445 g/mol. The van der Waals surface area contributed by atoms with Crippen LogP contribution in [0.15, 0.2) is 23.1 Å². The number of benzene rings is 1. The predicted octanol–water partition coefficient (Wildman–Crippen LogP) is 5.01. The lowest BCUT2D eigenvalue weighted by atomic mass is 9.74. The lowest BCUT2D eigenvalue weighted by molar-refractivity contribution is 0.0694. The Hall–Kier alpha value is -2.58. The Morgan fingerprint density at radius 3 is 2.65 bits per heavy atom. The van der Waals surface area contributed by atoms with Crippen molar-refractivity contribution in [2.45, 2.75) is 51.6 Å². The molecule has 0 bridgehead atoms. The number of carboxylic acid groups (broad SMARTS) is 1. The maximum Gasteiger partial charge on any atom is 0.341 e. The number of thiophene rings is 1. The van der Waals surface area contributed by atoms with Crippen molar-refractivity contribution >= 4 is 28.2 Å². The maximum absolute atomic E-state index is 15.8. The summed E-state index contributed by atoms with van der Waals surface area (Å²) in [7, 11) is 0. The van der Waals surface area contributed by atoms with Crippen LogP contribution in [0.2, 0.25) is 0 Å². The molecule has 0 amide bonds. The molecule has 2 aromatic heterocycles. The SMILES string of the molecule is CC1(C)CCc2cc(-c3c(F)cc4c(=O)c(C(=O)O)cn(C5CC5)c4c3F)sc2C1N. The average Bonchev–Trinajstić information content (AvgIpc) is 3.45. The number of halogens is 2. The number of carboxylic acids is 1. The molecule has 1 fully saturated rings. The molecule has 0 radical (unpaired) electrons. The minimum atomic E-state index is -1.41. The van der Waals surface area contributed by atoms with Crippen LogP contribution < -0.4 is 11.2 Å². The number of nitrogens with two attached hydrogens (primary N) is 1. The van der Waals surface area contributed by atoms with E-state index in [1.54, 1.807) is 6.07 Å². The van der Waals surface area contributed by atoms with Gasteiger partial charge in [-0.2, -0.15) is 0 Å². The van der Waals surface area contributed by atoms with E-state index in [1.807, 2.05) is 0 Å². The van der Waals surface area contributed by atoms with E-state index >= 15 is 8.78 Å². The van der Waals surface area contributed by atoms with Gasteiger partial charge in [0, 0.05) is 28.0 Å². The van der Waals surface area contributed by atoms with E-state index in [-0.39, 0.29) is 34.0 Å². The third-order valence-corrected chi connectivity index (χ3v) is 7.91. The summed E-state index contributed by atoms with van der Waals surface area (Å²) >= 11 is 1.29. The first-order chi connectivity index (χ1) is 14.6. The van der Waals surface area contributed by atoms with Crippen LogP contribution in [0.5, 0.6) is 0 Å². The van der Waals surface area contributed by atoms with Gasteiger partial charge in [-0.15, -0.1) is 11.3 Å². The molecule has 5 nitrogen and oxygen atoms in total. The standard InChI is InChI=1S/C23H22F2N2O3S/c1-23(2)6-5-10-7-15(31-20(10)21(23)26)16-14(24)8-12-18(17(16)25)27(11-3-4-11)9-13(19(12)28)22(29)30/h7-9,11,21H,3-6,26H2,1-2H3,(H,29,30). The molecule has 2 aliphatic rings. The molecule has 1 aromatic carbocycles. The summed E-state index contributed by atoms with van der Waals surface area (Å²) in [6.45, 7) is 4.18. The molecule has 0 aliphatic heterocycles. The van der Waals surface area contributed by atoms with Crippen LogP contribution in [-0.4, -0.2) is 15.6 Å². The van der Waals surface area contributed by atoms with Crippen LogP contribution in [0.1, 0.15) is 66.0 Å². The molecular formula is C23H22F2N2O3S. The Kier molecular flexibility index (Phi) is 4.40. The zero-order valence-corrected chi connectivity index (χ0v) is 18.0. The topological polar surface area (TPSA) is 85.3 Å². The van der Waals surface area contributed by atoms with E-state index in [0.717, 1.165) is 42.2 Å². The lowest BCUT2D eigenvalue weighted by Gasteiger charge is -2.35. The van der Waals surface area contributed by atoms with E-state index in [9.17, 15) is 14.7 Å². The summed E-state index contributed by atoms with van der Waals surface area (Å²) in [5, 5.41) is 9.13. The number of nitrogens with zero attached hydrogens (tertiary/aromatic N) is 1. The number of hydrogen-bond acceptors (Lipinski definition) is 4. The van der Waals surface area contributed by atoms with E-state index in [4.69, 9.17) is 5.73 Å². The molecule has 31 heavy (non-hydrogen) atoms. The summed E-state index contributed by atoms with van der Waals surface area (Å²) in [5.74, 6) is -3.12. The Labute approximate surface area is 181 Å². The summed E-state index contributed by atoms with van der Waals surface area (Å²) in [6, 6.07) is 2.46. The van der Waals surface area contributed by atoms with E-state index < -0.39 is 28.6 Å². The van der Waals surface area contributed by atoms with Crippen LogP contribution in [0.4, 0.5) is 8.78 Å². The highest BCUT2D eigenvalue weighted by molar-refractivity contribution is 7.15. The summed E-state index contributed by atoms with van der Waals surface area (Å²) in [6.07, 6.45) is 4.37. The summed E-state index contributed by atoms with van der Waals surface area (Å²) in [4.78, 5) is 25.5. The Balaban J connectivity index is 1.77. The van der Waals surface area contributed by atoms with E-state index in [1.165, 1.54) is 22.1 Å². The highest BCUT2D eigenvalue weighted by Crippen LogP contribution is 2.48. The number of aromatic nitrogens is 1. The van der Waals surface area contributed by atoms with Crippen LogP contribution in [0.25, 0.3) is 21.3 Å². The van der Waals surface area contributed by atoms with E-state index in [2.05, 4.69) is 13.8 Å². The second-order valence-corrected chi connectivity index (χ2v) is 10.3. The monoisotopic (exact) mass is 444 g/mol. The molecular weight excluding hydrogens is 422 g/mol. The molecule has 2 heterocycles. The molecule has 8 heteroatoms. The number of carbonyl (C=O) groups is 1. The van der Waals surface area contributed by atoms with Gasteiger partial charge in [0.25, 0.3) is 0 Å². The van der Waals surface area contributed by atoms with E-state index in [0.29, 0.717) is 4.88 Å². The smallest absolute Gasteiger partial charge is 0.341 e. The highest BCUT2D eigenvalue weighted by atomic mass is 32.1. The van der Waals surface area contributed by atoms with Crippen molar-refractivity contribution in [1.29, 1.82) is 0 Å². The van der Waals surface area contributed by atoms with Crippen molar-refractivity contribution in [3.8, 4) is 10.4 Å². The van der Waals surface area contributed by atoms with Crippen molar-refractivity contribution < 1.29 is 18.7 Å². The van der Waals surface area contributed by atoms with Gasteiger partial charge in [-0.3, -0.25) is 4.79 Å². The van der Waals surface area contributed by atoms with Crippen LogP contribution >= 0.6 is 11.3 Å². The molecule has 5 rings (SSSR count). The number of aryl methyl sites for hydroxylation is 1. The van der Waals surface area contributed by atoms with Crippen LogP contribution in [0, 0.1) is 17.0 Å². The largest absolute Gasteiger partial charge is 0.477 e. The normalized spacial score (nSPS) is 20.1. The quantitative estimate of drug-likeness (QED) is 0.594. The Bertz CT molecular complexity index is 1320. The van der Waals surface area contributed by atoms with Crippen LogP contribution in [-0.2, 0) is 6.42 Å². The number of aromatic carboxylic acids is 1. The third-order valence-electron chi connectivity index (χ3n) is 6.63. The second kappa shape index (κ2) is 6.71. The van der Waals surface area contributed by atoms with Crippen molar-refractivity contribution in [2.75, 3.05) is 0 Å². The van der Waals surface area contributed by atoms with Gasteiger partial charge in [-0.25, -0.2) is 13.6 Å². The first-order valence-electron chi connectivity index (χ1n) is 10.3. The molecule has 0 spiro atoms. The van der Waals surface area contributed by atoms with Crippen molar-refractivity contribution in [2.24, 2.45) is 11.1 Å². The number of fused-ring (bicyclic) bond motifs is 2. The van der Waals surface area contributed by atoms with Gasteiger partial charge < -0.3 is 15.4 Å². The molecule has 162 valence electrons. The zero-order chi connectivity index (χ0) is 22.2. The number of hydrogen-bond donors (Lipinski definition) is 2. The fourth-order valence-corrected chi connectivity index (χ4v) is 5.92. The molecule has 2 aliphatic carbocycles. The zero-order valence-electron chi connectivity index (χ0n) is 17.2. The minimum absolute atomic E-state index is 0.0371. The molecule has 3 N–H and O–H groups in total. The Morgan fingerprint density at radius 2 is 2.00 bits per heavy atom. The fourth-order valence-electron chi connectivity index (χ4n) is 4.45. The van der Waals surface area contributed by atoms with Gasteiger partial charge in [0.05, 0.1) is 16.5 Å². The minimum Gasteiger partial charge on any atom is -0.477 e. The van der Waals surface area contributed by atoms with Crippen molar-refractivity contribution in [3.63, 3.8) is 0 Å². The predicted molar refractivity (Wildman–Crippen MR) is 116 cm³/mol. The van der Waals surface area contributed by atoms with Gasteiger partial charge in [0.2, 0.25) is 5.43 Å². The van der Waals surface area contributed by atoms with Crippen molar-refractivity contribution in [1.82, 2.24) is 4.57 Å². The molecule has 1 atom stereocenters. The van der Waals surface area contributed by atoms with Gasteiger partial charge >= 0.3 is 5.97 Å². The first kappa shape index (κ1) is 20.3. The summed E-state index contributed by atoms with van der Waals surface area (Å²) < 4.78 is 32.5. The van der Waals surface area contributed by atoms with Gasteiger partial charge in [0.1, 0.15) is 11.4 Å². The molecule has 0 saturated heterocycles. The van der Waals surface area contributed by atoms with Gasteiger partial charge in [0.15, 0.2) is 5.82 Å². The van der Waals surface area contributed by atoms with Crippen LogP contribution in [0.3, 0.4) is 0 Å². The van der Waals surface area contributed by atoms with Gasteiger partial charge in [-0.05, 0) is 48.8 Å². The molecule has 1 unspecified atom stereocenters. The van der Waals surface area contributed by atoms with Gasteiger partial charge in [-0.1, -0.05) is 13.8 Å². The maximum atomic E-state index is 15.8. The highest BCUT2D eigenvalue weighted by Gasteiger charge is 2.36. The molecule has 3 aromatic rings. The third kappa shape index (κ3) is 3.03. The second-order valence-electron chi connectivity index (χ2n) is 9.23. The lowest BCUT2D eigenvalue weighted by Crippen LogP contribution is -2.32. The number of pyridine rings is 1. The van der Waals surface area contributed by atoms with Crippen molar-refractivity contribution in [3.05, 3.63) is 56.2 Å². The number of rotatable bonds is 3. The first-order valence-corrected chi connectivity index (χ1v) is 11.1. The molecule has 1 saturated carbocycles. The summed E-state index contributed by atoms with van der Waals surface area (Å²) in [5.41, 5.74) is 5.76. The fraction of sp³-hybridized carbons (Fsp3) is 0.391.